The van der Waals surface area contributed by atoms with Gasteiger partial charge in [0.1, 0.15) is 11.9 Å². The summed E-state index contributed by atoms with van der Waals surface area (Å²) in [6, 6.07) is 6.47. The number of benzene rings is 1. The van der Waals surface area contributed by atoms with E-state index in [4.69, 9.17) is 4.74 Å². The van der Waals surface area contributed by atoms with Crippen molar-refractivity contribution < 1.29 is 28.2 Å². The Morgan fingerprint density at radius 2 is 1.87 bits per heavy atom. The molecule has 1 aromatic carbocycles. The molecule has 9 heteroatoms. The van der Waals surface area contributed by atoms with Crippen LogP contribution in [0.2, 0.25) is 0 Å². The van der Waals surface area contributed by atoms with Gasteiger partial charge in [0.05, 0.1) is 13.2 Å². The van der Waals surface area contributed by atoms with E-state index in [-0.39, 0.29) is 18.7 Å². The van der Waals surface area contributed by atoms with Gasteiger partial charge in [0.2, 0.25) is 5.91 Å². The summed E-state index contributed by atoms with van der Waals surface area (Å²) in [6.45, 7) is 1.34. The Kier molecular flexibility index (Phi) is 7.83. The van der Waals surface area contributed by atoms with Gasteiger partial charge in [-0.25, -0.2) is 5.01 Å². The van der Waals surface area contributed by atoms with Crippen molar-refractivity contribution >= 4 is 11.8 Å². The topological polar surface area (TPSA) is 82.1 Å². The van der Waals surface area contributed by atoms with Crippen molar-refractivity contribution in [2.45, 2.75) is 63.0 Å². The van der Waals surface area contributed by atoms with Crippen molar-refractivity contribution in [1.82, 2.24) is 15.3 Å². The zero-order chi connectivity index (χ0) is 22.4. The van der Waals surface area contributed by atoms with Crippen molar-refractivity contribution in [2.24, 2.45) is 0 Å². The summed E-state index contributed by atoms with van der Waals surface area (Å²) in [4.78, 5) is 26.1. The van der Waals surface area contributed by atoms with E-state index in [2.05, 4.69) is 5.43 Å². The van der Waals surface area contributed by atoms with Crippen LogP contribution >= 0.6 is 0 Å². The van der Waals surface area contributed by atoms with Crippen molar-refractivity contribution in [3.05, 3.63) is 29.8 Å². The molecule has 2 saturated heterocycles. The third kappa shape index (κ3) is 5.71. The Labute approximate surface area is 181 Å². The number of hydrogen-bond donors (Lipinski definition) is 2. The van der Waals surface area contributed by atoms with Crippen LogP contribution in [0.5, 0.6) is 5.75 Å². The minimum atomic E-state index is -3.97. The van der Waals surface area contributed by atoms with Crippen LogP contribution in [-0.4, -0.2) is 71.6 Å². The summed E-state index contributed by atoms with van der Waals surface area (Å²) in [6.07, 6.45) is 1.63. The first-order chi connectivity index (χ1) is 14.8. The first-order valence-electron chi connectivity index (χ1n) is 10.9. The third-order valence-electron chi connectivity index (χ3n) is 6.04. The lowest BCUT2D eigenvalue weighted by atomic mass is 10.0. The van der Waals surface area contributed by atoms with Crippen LogP contribution < -0.4 is 10.2 Å². The minimum Gasteiger partial charge on any atom is -0.497 e. The first-order valence-corrected chi connectivity index (χ1v) is 10.9. The maximum atomic E-state index is 14.7. The number of hydrazine groups is 1. The van der Waals surface area contributed by atoms with E-state index in [0.29, 0.717) is 38.9 Å². The third-order valence-corrected chi connectivity index (χ3v) is 6.04. The molecular formula is C22H31F2N3O4. The van der Waals surface area contributed by atoms with E-state index in [1.807, 2.05) is 24.3 Å². The summed E-state index contributed by atoms with van der Waals surface area (Å²) in [5.41, 5.74) is 3.25. The quantitative estimate of drug-likeness (QED) is 0.616. The van der Waals surface area contributed by atoms with Gasteiger partial charge in [0.25, 0.3) is 0 Å². The van der Waals surface area contributed by atoms with Gasteiger partial charge in [-0.2, -0.15) is 8.78 Å². The molecule has 2 N–H and O–H groups in total. The number of hydrogen-bond acceptors (Lipinski definition) is 5. The Balaban J connectivity index is 1.53. The molecule has 2 atom stereocenters. The number of aliphatic hydroxyl groups excluding tert-OH is 1. The molecule has 0 aromatic heterocycles. The highest BCUT2D eigenvalue weighted by Crippen LogP contribution is 2.31. The molecule has 0 radical (unpaired) electrons. The number of aryl methyl sites for hydroxylation is 1. The molecule has 2 aliphatic heterocycles. The van der Waals surface area contributed by atoms with E-state index in [0.717, 1.165) is 24.2 Å². The maximum Gasteiger partial charge on any atom is 0.353 e. The molecule has 31 heavy (non-hydrogen) atoms. The number of nitrogens with one attached hydrogen (secondary N) is 1. The number of alkyl halides is 2. The number of rotatable bonds is 9. The second-order valence-corrected chi connectivity index (χ2v) is 8.20. The van der Waals surface area contributed by atoms with Crippen LogP contribution in [0.25, 0.3) is 0 Å². The summed E-state index contributed by atoms with van der Waals surface area (Å²) < 4.78 is 34.4. The lowest BCUT2D eigenvalue weighted by molar-refractivity contribution is -0.176. The molecule has 7 nitrogen and oxygen atoms in total. The van der Waals surface area contributed by atoms with Crippen molar-refractivity contribution in [1.29, 1.82) is 0 Å². The highest BCUT2D eigenvalue weighted by atomic mass is 19.3. The summed E-state index contributed by atoms with van der Waals surface area (Å²) in [5, 5.41) is 11.8. The van der Waals surface area contributed by atoms with Crippen LogP contribution in [-0.2, 0) is 16.0 Å². The molecule has 2 heterocycles. The number of methoxy groups -OCH3 is 1. The van der Waals surface area contributed by atoms with Gasteiger partial charge in [0, 0.05) is 26.1 Å². The number of halogens is 2. The minimum absolute atomic E-state index is 0.195. The molecule has 3 rings (SSSR count). The fraction of sp³-hybridized carbons (Fsp3) is 0.636. The van der Waals surface area contributed by atoms with Crippen LogP contribution in [0, 0.1) is 0 Å². The summed E-state index contributed by atoms with van der Waals surface area (Å²) in [5.74, 6) is -5.01. The molecule has 0 aliphatic carbocycles. The van der Waals surface area contributed by atoms with Crippen molar-refractivity contribution in [3.8, 4) is 5.75 Å². The molecule has 2 aliphatic rings. The van der Waals surface area contributed by atoms with Gasteiger partial charge in [0.15, 0.2) is 0 Å². The number of likely N-dealkylation sites (tertiary alicyclic amines) is 1. The highest BCUT2D eigenvalue weighted by Gasteiger charge is 2.53. The van der Waals surface area contributed by atoms with Crippen LogP contribution in [0.15, 0.2) is 24.3 Å². The molecular weight excluding hydrogens is 408 g/mol. The fourth-order valence-corrected chi connectivity index (χ4v) is 4.23. The van der Waals surface area contributed by atoms with E-state index in [1.165, 1.54) is 9.91 Å². The van der Waals surface area contributed by atoms with Gasteiger partial charge in [-0.05, 0) is 56.2 Å². The Bertz CT molecular complexity index is 754. The molecule has 0 spiro atoms. The number of ether oxygens (including phenoxy) is 1. The highest BCUT2D eigenvalue weighted by molar-refractivity contribution is 5.84. The zero-order valence-corrected chi connectivity index (χ0v) is 17.9. The number of nitrogens with zero attached hydrogens (tertiary/aromatic N) is 2. The monoisotopic (exact) mass is 439 g/mol. The van der Waals surface area contributed by atoms with Gasteiger partial charge >= 0.3 is 11.8 Å². The number of aliphatic hydroxyl groups is 1. The van der Waals surface area contributed by atoms with Gasteiger partial charge < -0.3 is 14.7 Å². The van der Waals surface area contributed by atoms with Crippen molar-refractivity contribution in [2.75, 3.05) is 26.7 Å². The molecule has 172 valence electrons. The van der Waals surface area contributed by atoms with Gasteiger partial charge in [-0.15, -0.1) is 0 Å². The van der Waals surface area contributed by atoms with E-state index < -0.39 is 24.0 Å². The first kappa shape index (κ1) is 23.4. The fourth-order valence-electron chi connectivity index (χ4n) is 4.23. The molecule has 0 saturated carbocycles. The molecule has 1 aromatic rings. The average molecular weight is 440 g/mol. The largest absolute Gasteiger partial charge is 0.497 e. The normalized spacial score (nSPS) is 20.6. The summed E-state index contributed by atoms with van der Waals surface area (Å²) in [7, 11) is 1.59. The van der Waals surface area contributed by atoms with E-state index in [1.54, 1.807) is 7.11 Å². The van der Waals surface area contributed by atoms with E-state index >= 15 is 0 Å². The Morgan fingerprint density at radius 1 is 1.19 bits per heavy atom. The van der Waals surface area contributed by atoms with Crippen LogP contribution in [0.4, 0.5) is 8.78 Å². The molecule has 2 unspecified atom stereocenters. The predicted octanol–water partition coefficient (Wildman–Crippen LogP) is 2.13. The number of carbonyl (C=O) groups is 2. The molecule has 0 bridgehead atoms. The number of carbonyl (C=O) groups excluding carboxylic acids is 2. The van der Waals surface area contributed by atoms with Gasteiger partial charge in [-0.3, -0.25) is 15.0 Å². The van der Waals surface area contributed by atoms with E-state index in [9.17, 15) is 23.5 Å². The predicted molar refractivity (Wildman–Crippen MR) is 111 cm³/mol. The lowest BCUT2D eigenvalue weighted by Gasteiger charge is -2.33. The molecule has 2 amide bonds. The Hall–Kier alpha value is -2.26. The van der Waals surface area contributed by atoms with Crippen LogP contribution in [0.3, 0.4) is 0 Å². The standard InChI is InChI=1S/C22H31F2N3O4/c1-31-17-11-9-16(10-12-17)6-4-8-19(28)27-15-5-7-18(27)20(29)22(23,24)21(30)25-26-13-2-3-14-26/h9-12,18,20,29H,2-8,13-15H2,1H3,(H,25,30). The van der Waals surface area contributed by atoms with Crippen molar-refractivity contribution in [3.63, 3.8) is 0 Å². The molecule has 2 fully saturated rings. The van der Waals surface area contributed by atoms with Crippen LogP contribution in [0.1, 0.15) is 44.1 Å². The number of amides is 2. The maximum absolute atomic E-state index is 14.7. The second-order valence-electron chi connectivity index (χ2n) is 8.20. The Morgan fingerprint density at radius 3 is 2.52 bits per heavy atom. The second kappa shape index (κ2) is 10.4. The summed E-state index contributed by atoms with van der Waals surface area (Å²) >= 11 is 0. The zero-order valence-electron chi connectivity index (χ0n) is 17.9. The SMILES string of the molecule is COc1ccc(CCCC(=O)N2CCCC2C(O)C(F)(F)C(=O)NN2CCCC2)cc1. The lowest BCUT2D eigenvalue weighted by Crippen LogP contribution is -2.59. The smallest absolute Gasteiger partial charge is 0.353 e. The average Bonchev–Trinajstić information content (AvgIpc) is 3.45. The van der Waals surface area contributed by atoms with Gasteiger partial charge in [-0.1, -0.05) is 12.1 Å².